The molecule has 2 N–H and O–H groups in total. The number of aromatic carboxylic acids is 1. The standard InChI is InChI=1S/C27H30N2O6/c1-18(12-19-8-6-5-7-9-19)34-22-13-21(14-23(15-22)35-27(2,3)17-33-4)25(30)29-24-11-10-20(16-28-24)26(31)32/h5-11,13-16,18H,12,17H2,1-4H3,(H,31,32)(H,28,29,30)/t18-/m0/s1. The van der Waals surface area contributed by atoms with Gasteiger partial charge in [0.15, 0.2) is 0 Å². The van der Waals surface area contributed by atoms with Gasteiger partial charge in [-0.2, -0.15) is 0 Å². The van der Waals surface area contributed by atoms with E-state index in [0.717, 1.165) is 5.56 Å². The number of carboxylic acids is 1. The van der Waals surface area contributed by atoms with Crippen LogP contribution in [0, 0.1) is 0 Å². The molecule has 0 aliphatic rings. The second-order valence-corrected chi connectivity index (χ2v) is 8.80. The first-order valence-electron chi connectivity index (χ1n) is 11.2. The predicted molar refractivity (Wildman–Crippen MR) is 132 cm³/mol. The van der Waals surface area contributed by atoms with Crippen LogP contribution in [0.1, 0.15) is 47.1 Å². The molecular formula is C27H30N2O6. The minimum absolute atomic E-state index is 0.0295. The molecule has 0 spiro atoms. The molecule has 0 saturated heterocycles. The van der Waals surface area contributed by atoms with Crippen LogP contribution < -0.4 is 14.8 Å². The maximum Gasteiger partial charge on any atom is 0.337 e. The number of hydrogen-bond donors (Lipinski definition) is 2. The molecule has 1 amide bonds. The molecule has 1 heterocycles. The highest BCUT2D eigenvalue weighted by atomic mass is 16.5. The number of nitrogens with one attached hydrogen (secondary N) is 1. The third-order valence-corrected chi connectivity index (χ3v) is 4.98. The van der Waals surface area contributed by atoms with Gasteiger partial charge in [0.25, 0.3) is 5.91 Å². The number of rotatable bonds is 11. The molecule has 0 fully saturated rings. The average Bonchev–Trinajstić information content (AvgIpc) is 2.79. The first-order valence-corrected chi connectivity index (χ1v) is 11.2. The fraction of sp³-hybridized carbons (Fsp3) is 0.296. The van der Waals surface area contributed by atoms with Crippen LogP contribution in [0.4, 0.5) is 5.82 Å². The molecule has 2 aromatic carbocycles. The van der Waals surface area contributed by atoms with Crippen molar-refractivity contribution in [1.29, 1.82) is 0 Å². The summed E-state index contributed by atoms with van der Waals surface area (Å²) < 4.78 is 17.5. The molecule has 0 aliphatic carbocycles. The number of aromatic nitrogens is 1. The van der Waals surface area contributed by atoms with E-state index in [1.807, 2.05) is 51.1 Å². The van der Waals surface area contributed by atoms with E-state index in [0.29, 0.717) is 30.1 Å². The smallest absolute Gasteiger partial charge is 0.337 e. The van der Waals surface area contributed by atoms with E-state index < -0.39 is 17.5 Å². The van der Waals surface area contributed by atoms with Gasteiger partial charge in [0, 0.05) is 31.4 Å². The average molecular weight is 479 g/mol. The Morgan fingerprint density at radius 2 is 1.74 bits per heavy atom. The number of carboxylic acid groups (broad SMARTS) is 1. The van der Waals surface area contributed by atoms with Crippen molar-refractivity contribution in [3.63, 3.8) is 0 Å². The van der Waals surface area contributed by atoms with E-state index in [9.17, 15) is 9.59 Å². The summed E-state index contributed by atoms with van der Waals surface area (Å²) in [6, 6.07) is 17.8. The first-order chi connectivity index (χ1) is 16.6. The third-order valence-electron chi connectivity index (χ3n) is 4.98. The van der Waals surface area contributed by atoms with E-state index >= 15 is 0 Å². The number of nitrogens with zero attached hydrogens (tertiary/aromatic N) is 1. The lowest BCUT2D eigenvalue weighted by Crippen LogP contribution is -2.33. The highest BCUT2D eigenvalue weighted by Crippen LogP contribution is 2.28. The monoisotopic (exact) mass is 478 g/mol. The lowest BCUT2D eigenvalue weighted by atomic mass is 10.1. The van der Waals surface area contributed by atoms with Crippen LogP contribution in [-0.4, -0.2) is 47.4 Å². The van der Waals surface area contributed by atoms with Crippen LogP contribution >= 0.6 is 0 Å². The predicted octanol–water partition coefficient (Wildman–Crippen LogP) is 4.85. The van der Waals surface area contributed by atoms with E-state index in [1.165, 1.54) is 18.3 Å². The molecule has 1 aromatic heterocycles. The maximum atomic E-state index is 13.0. The van der Waals surface area contributed by atoms with Crippen LogP contribution in [0.3, 0.4) is 0 Å². The number of benzene rings is 2. The summed E-state index contributed by atoms with van der Waals surface area (Å²) in [7, 11) is 1.59. The number of amides is 1. The Kier molecular flexibility index (Phi) is 8.43. The van der Waals surface area contributed by atoms with E-state index in [4.69, 9.17) is 19.3 Å². The van der Waals surface area contributed by atoms with Gasteiger partial charge in [-0.3, -0.25) is 4.79 Å². The van der Waals surface area contributed by atoms with E-state index in [2.05, 4.69) is 10.3 Å². The summed E-state index contributed by atoms with van der Waals surface area (Å²) in [5.74, 6) is -0.360. The molecule has 3 aromatic rings. The number of pyridine rings is 1. The van der Waals surface area contributed by atoms with E-state index in [-0.39, 0.29) is 17.5 Å². The number of methoxy groups -OCH3 is 1. The summed E-state index contributed by atoms with van der Waals surface area (Å²) in [5.41, 5.74) is 0.844. The quantitative estimate of drug-likeness (QED) is 0.406. The molecule has 184 valence electrons. The zero-order valence-corrected chi connectivity index (χ0v) is 20.3. The normalized spacial score (nSPS) is 12.0. The second-order valence-electron chi connectivity index (χ2n) is 8.80. The molecule has 3 rings (SSSR count). The highest BCUT2D eigenvalue weighted by Gasteiger charge is 2.22. The van der Waals surface area contributed by atoms with Crippen molar-refractivity contribution < 1.29 is 28.9 Å². The third kappa shape index (κ3) is 7.82. The van der Waals surface area contributed by atoms with E-state index in [1.54, 1.807) is 25.3 Å². The van der Waals surface area contributed by atoms with Gasteiger partial charge in [0.05, 0.1) is 18.3 Å². The molecule has 8 heteroatoms. The summed E-state index contributed by atoms with van der Waals surface area (Å²) >= 11 is 0. The number of anilines is 1. The number of ether oxygens (including phenoxy) is 3. The Bertz CT molecular complexity index is 1150. The highest BCUT2D eigenvalue weighted by molar-refractivity contribution is 6.04. The lowest BCUT2D eigenvalue weighted by molar-refractivity contribution is 0.0178. The van der Waals surface area contributed by atoms with Crippen LogP contribution in [0.2, 0.25) is 0 Å². The number of hydrogen-bond acceptors (Lipinski definition) is 6. The molecular weight excluding hydrogens is 448 g/mol. The van der Waals surface area contributed by atoms with Crippen molar-refractivity contribution >= 4 is 17.7 Å². The topological polar surface area (TPSA) is 107 Å². The molecule has 0 bridgehead atoms. The molecule has 1 atom stereocenters. The molecule has 0 aliphatic heterocycles. The second kappa shape index (κ2) is 11.5. The largest absolute Gasteiger partial charge is 0.490 e. The summed E-state index contributed by atoms with van der Waals surface area (Å²) in [4.78, 5) is 28.0. The molecule has 0 radical (unpaired) electrons. The van der Waals surface area contributed by atoms with Gasteiger partial charge >= 0.3 is 5.97 Å². The summed E-state index contributed by atoms with van der Waals surface area (Å²) in [6.45, 7) is 6.08. The Balaban J connectivity index is 1.83. The minimum atomic E-state index is -1.09. The van der Waals surface area contributed by atoms with Crippen LogP contribution in [-0.2, 0) is 11.2 Å². The molecule has 0 saturated carbocycles. The van der Waals surface area contributed by atoms with Gasteiger partial charge in [-0.25, -0.2) is 9.78 Å². The Hall–Kier alpha value is -3.91. The number of carbonyl (C=O) groups is 2. The molecule has 0 unspecified atom stereocenters. The minimum Gasteiger partial charge on any atom is -0.490 e. The first kappa shape index (κ1) is 25.7. The van der Waals surface area contributed by atoms with Gasteiger partial charge in [-0.1, -0.05) is 30.3 Å². The summed E-state index contributed by atoms with van der Waals surface area (Å²) in [6.07, 6.45) is 1.73. The van der Waals surface area contributed by atoms with Crippen molar-refractivity contribution in [1.82, 2.24) is 4.98 Å². The van der Waals surface area contributed by atoms with Crippen LogP contribution in [0.25, 0.3) is 0 Å². The van der Waals surface area contributed by atoms with Crippen LogP contribution in [0.15, 0.2) is 66.9 Å². The number of carbonyl (C=O) groups excluding carboxylic acids is 1. The van der Waals surface area contributed by atoms with Crippen molar-refractivity contribution in [2.75, 3.05) is 19.0 Å². The zero-order chi connectivity index (χ0) is 25.4. The van der Waals surface area contributed by atoms with Crippen molar-refractivity contribution in [3.8, 4) is 11.5 Å². The van der Waals surface area contributed by atoms with Gasteiger partial charge < -0.3 is 24.6 Å². The van der Waals surface area contributed by atoms with Crippen molar-refractivity contribution in [2.45, 2.75) is 38.9 Å². The summed E-state index contributed by atoms with van der Waals surface area (Å²) in [5, 5.41) is 11.7. The zero-order valence-electron chi connectivity index (χ0n) is 20.3. The fourth-order valence-corrected chi connectivity index (χ4v) is 3.53. The fourth-order valence-electron chi connectivity index (χ4n) is 3.53. The van der Waals surface area contributed by atoms with Gasteiger partial charge in [-0.15, -0.1) is 0 Å². The SMILES string of the molecule is COCC(C)(C)Oc1cc(O[C@@H](C)Cc2ccccc2)cc(C(=O)Nc2ccc(C(=O)O)cn2)c1. The van der Waals surface area contributed by atoms with Gasteiger partial charge in [0.2, 0.25) is 0 Å². The Morgan fingerprint density at radius 3 is 2.37 bits per heavy atom. The lowest BCUT2D eigenvalue weighted by Gasteiger charge is -2.26. The van der Waals surface area contributed by atoms with Crippen molar-refractivity contribution in [3.05, 3.63) is 83.6 Å². The van der Waals surface area contributed by atoms with Gasteiger partial charge in [0.1, 0.15) is 22.9 Å². The van der Waals surface area contributed by atoms with Crippen molar-refractivity contribution in [2.24, 2.45) is 0 Å². The van der Waals surface area contributed by atoms with Gasteiger partial charge in [-0.05, 0) is 50.6 Å². The maximum absolute atomic E-state index is 13.0. The molecule has 35 heavy (non-hydrogen) atoms. The molecule has 8 nitrogen and oxygen atoms in total. The van der Waals surface area contributed by atoms with Crippen LogP contribution in [0.5, 0.6) is 11.5 Å². The Labute approximate surface area is 204 Å². The Morgan fingerprint density at radius 1 is 1.03 bits per heavy atom.